The van der Waals surface area contributed by atoms with Gasteiger partial charge in [0.2, 0.25) is 5.96 Å². The Labute approximate surface area is 173 Å². The molecule has 29 heavy (non-hydrogen) atoms. The highest BCUT2D eigenvalue weighted by Crippen LogP contribution is 2.57. The molecule has 7 rings (SSSR count). The molecule has 4 aliphatic carbocycles. The van der Waals surface area contributed by atoms with Crippen molar-refractivity contribution in [3.63, 3.8) is 0 Å². The Morgan fingerprint density at radius 3 is 2.83 bits per heavy atom. The minimum atomic E-state index is -0.540. The summed E-state index contributed by atoms with van der Waals surface area (Å²) in [6.45, 7) is 2.00. The highest BCUT2D eigenvalue weighted by atomic mass is 32.1. The van der Waals surface area contributed by atoms with E-state index in [1.54, 1.807) is 11.3 Å². The first kappa shape index (κ1) is 17.6. The minimum Gasteiger partial charge on any atom is -0.390 e. The fourth-order valence-electron chi connectivity index (χ4n) is 6.44. The van der Waals surface area contributed by atoms with Gasteiger partial charge in [0.15, 0.2) is 0 Å². The van der Waals surface area contributed by atoms with Gasteiger partial charge in [-0.15, -0.1) is 11.3 Å². The number of benzene rings is 1. The summed E-state index contributed by atoms with van der Waals surface area (Å²) in [5.74, 6) is 1.50. The molecule has 2 atom stereocenters. The number of aliphatic hydroxyl groups is 1. The zero-order chi connectivity index (χ0) is 19.8. The van der Waals surface area contributed by atoms with Gasteiger partial charge < -0.3 is 10.4 Å². The standard InChI is InChI=1S/C22H24N4O2S/c1-12-23-16-3-2-13(6-18(16)29-12)5-17-19(27)25-20(24-17)26-21-7-14-4-15(8-21)10-22(28,9-14)11-21/h2-3,5-6,14-15,28H,4,7-11H2,1H3,(H2,24,25,26,27)/b17-5-. The van der Waals surface area contributed by atoms with E-state index in [1.807, 2.05) is 25.1 Å². The van der Waals surface area contributed by atoms with Crippen LogP contribution in [0.3, 0.4) is 0 Å². The predicted molar refractivity (Wildman–Crippen MR) is 113 cm³/mol. The highest BCUT2D eigenvalue weighted by Gasteiger charge is 2.57. The maximum Gasteiger partial charge on any atom is 0.276 e. The van der Waals surface area contributed by atoms with E-state index < -0.39 is 5.60 Å². The van der Waals surface area contributed by atoms with E-state index in [0.29, 0.717) is 23.5 Å². The molecule has 5 aliphatic rings. The molecule has 1 aromatic carbocycles. The number of amides is 1. The van der Waals surface area contributed by atoms with Gasteiger partial charge in [-0.25, -0.2) is 9.98 Å². The van der Waals surface area contributed by atoms with Gasteiger partial charge in [-0.2, -0.15) is 0 Å². The lowest BCUT2D eigenvalue weighted by Gasteiger charge is -2.60. The smallest absolute Gasteiger partial charge is 0.276 e. The number of aliphatic imine (C=N–C) groups is 1. The molecule has 1 aliphatic heterocycles. The van der Waals surface area contributed by atoms with Gasteiger partial charge in [0.1, 0.15) is 5.70 Å². The number of rotatable bonds is 2. The maximum atomic E-state index is 12.5. The van der Waals surface area contributed by atoms with E-state index in [9.17, 15) is 9.90 Å². The van der Waals surface area contributed by atoms with Crippen molar-refractivity contribution in [3.8, 4) is 0 Å². The number of hydrogen-bond acceptors (Lipinski definition) is 6. The van der Waals surface area contributed by atoms with Crippen molar-refractivity contribution in [1.29, 1.82) is 0 Å². The van der Waals surface area contributed by atoms with Crippen LogP contribution in [0.5, 0.6) is 0 Å². The van der Waals surface area contributed by atoms with E-state index in [1.165, 1.54) is 6.42 Å². The van der Waals surface area contributed by atoms with Crippen molar-refractivity contribution in [1.82, 2.24) is 15.6 Å². The molecule has 150 valence electrons. The Hall–Kier alpha value is -2.25. The van der Waals surface area contributed by atoms with Gasteiger partial charge in [-0.1, -0.05) is 6.07 Å². The van der Waals surface area contributed by atoms with Crippen LogP contribution < -0.4 is 10.6 Å². The van der Waals surface area contributed by atoms with Gasteiger partial charge in [0, 0.05) is 5.54 Å². The molecule has 0 radical (unpaired) electrons. The molecule has 1 aromatic heterocycles. The fourth-order valence-corrected chi connectivity index (χ4v) is 7.32. The Bertz CT molecular complexity index is 1090. The molecule has 4 fully saturated rings. The third-order valence-electron chi connectivity index (χ3n) is 6.93. The topological polar surface area (TPSA) is 86.6 Å². The van der Waals surface area contributed by atoms with Crippen LogP contribution in [0.15, 0.2) is 28.9 Å². The van der Waals surface area contributed by atoms with Gasteiger partial charge in [0.25, 0.3) is 5.91 Å². The molecule has 1 amide bonds. The molecule has 2 aromatic rings. The van der Waals surface area contributed by atoms with Crippen molar-refractivity contribution in [2.75, 3.05) is 0 Å². The molecule has 2 unspecified atom stereocenters. The number of fused-ring (bicyclic) bond motifs is 1. The number of aryl methyl sites for hydroxylation is 1. The molecular formula is C22H24N4O2S. The SMILES string of the molecule is Cc1nc2ccc(/C=C3\N=C(NC45CC6CC(CC(O)(C6)C4)C5)NC3=O)cc2s1. The van der Waals surface area contributed by atoms with Crippen LogP contribution in [-0.4, -0.2) is 33.1 Å². The molecule has 6 nitrogen and oxygen atoms in total. The zero-order valence-corrected chi connectivity index (χ0v) is 17.2. The van der Waals surface area contributed by atoms with Crippen LogP contribution in [-0.2, 0) is 4.79 Å². The molecule has 0 saturated heterocycles. The molecule has 3 N–H and O–H groups in total. The number of hydrogen-bond donors (Lipinski definition) is 3. The second kappa shape index (κ2) is 5.89. The van der Waals surface area contributed by atoms with Gasteiger partial charge in [0.05, 0.1) is 20.8 Å². The molecule has 2 heterocycles. The summed E-state index contributed by atoms with van der Waals surface area (Å²) in [6, 6.07) is 6.00. The fraction of sp³-hybridized carbons (Fsp3) is 0.500. The van der Waals surface area contributed by atoms with Crippen LogP contribution in [0.4, 0.5) is 0 Å². The number of thiazole rings is 1. The van der Waals surface area contributed by atoms with Gasteiger partial charge in [-0.05, 0) is 81.1 Å². The van der Waals surface area contributed by atoms with E-state index in [4.69, 9.17) is 0 Å². The quantitative estimate of drug-likeness (QED) is 0.667. The van der Waals surface area contributed by atoms with Gasteiger partial charge in [-0.3, -0.25) is 10.1 Å². The lowest BCUT2D eigenvalue weighted by molar-refractivity contribution is -0.138. The Balaban J connectivity index is 1.27. The minimum absolute atomic E-state index is 0.139. The number of nitrogens with zero attached hydrogens (tertiary/aromatic N) is 2. The van der Waals surface area contributed by atoms with E-state index in [0.717, 1.165) is 52.9 Å². The third kappa shape index (κ3) is 2.99. The Kier molecular flexibility index (Phi) is 3.57. The predicted octanol–water partition coefficient (Wildman–Crippen LogP) is 3.10. The second-order valence-electron chi connectivity index (χ2n) is 9.49. The van der Waals surface area contributed by atoms with Crippen LogP contribution in [0, 0.1) is 18.8 Å². The summed E-state index contributed by atoms with van der Waals surface area (Å²) in [4.78, 5) is 21.6. The second-order valence-corrected chi connectivity index (χ2v) is 10.7. The normalized spacial score (nSPS) is 36.7. The largest absolute Gasteiger partial charge is 0.390 e. The monoisotopic (exact) mass is 408 g/mol. The maximum absolute atomic E-state index is 12.5. The molecule has 4 bridgehead atoms. The highest BCUT2D eigenvalue weighted by molar-refractivity contribution is 7.18. The number of carbonyl (C=O) groups is 1. The van der Waals surface area contributed by atoms with E-state index >= 15 is 0 Å². The van der Waals surface area contributed by atoms with Gasteiger partial charge >= 0.3 is 0 Å². The summed E-state index contributed by atoms with van der Waals surface area (Å²) in [5.41, 5.74) is 1.66. The first-order chi connectivity index (χ1) is 13.9. The Morgan fingerprint density at radius 1 is 1.28 bits per heavy atom. The summed E-state index contributed by atoms with van der Waals surface area (Å²) < 4.78 is 1.11. The molecular weight excluding hydrogens is 384 g/mol. The average Bonchev–Trinajstić information content (AvgIpc) is 3.13. The lowest BCUT2D eigenvalue weighted by atomic mass is 9.51. The molecule has 0 spiro atoms. The molecule has 4 saturated carbocycles. The van der Waals surface area contributed by atoms with Crippen LogP contribution >= 0.6 is 11.3 Å². The van der Waals surface area contributed by atoms with Crippen molar-refractivity contribution in [2.24, 2.45) is 16.8 Å². The number of guanidine groups is 1. The van der Waals surface area contributed by atoms with Crippen LogP contribution in [0.2, 0.25) is 0 Å². The van der Waals surface area contributed by atoms with Crippen molar-refractivity contribution in [2.45, 2.75) is 56.6 Å². The van der Waals surface area contributed by atoms with E-state index in [2.05, 4.69) is 26.7 Å². The summed E-state index contributed by atoms with van der Waals surface area (Å²) in [5, 5.41) is 18.4. The summed E-state index contributed by atoms with van der Waals surface area (Å²) in [7, 11) is 0. The molecule has 7 heteroatoms. The zero-order valence-electron chi connectivity index (χ0n) is 16.4. The third-order valence-corrected chi connectivity index (χ3v) is 7.87. The van der Waals surface area contributed by atoms with Crippen molar-refractivity contribution in [3.05, 3.63) is 34.5 Å². The lowest BCUT2D eigenvalue weighted by Crippen LogP contribution is -2.66. The summed E-state index contributed by atoms with van der Waals surface area (Å²) >= 11 is 1.65. The first-order valence-corrected chi connectivity index (χ1v) is 11.2. The first-order valence-electron chi connectivity index (χ1n) is 10.4. The Morgan fingerprint density at radius 2 is 2.07 bits per heavy atom. The number of carbonyl (C=O) groups excluding carboxylic acids is 1. The van der Waals surface area contributed by atoms with Crippen molar-refractivity contribution >= 4 is 39.5 Å². The van der Waals surface area contributed by atoms with E-state index in [-0.39, 0.29) is 11.4 Å². The number of nitrogens with one attached hydrogen (secondary N) is 2. The van der Waals surface area contributed by atoms with Crippen LogP contribution in [0.1, 0.15) is 49.1 Å². The van der Waals surface area contributed by atoms with Crippen molar-refractivity contribution < 1.29 is 9.90 Å². The number of aromatic nitrogens is 1. The average molecular weight is 409 g/mol. The van der Waals surface area contributed by atoms with Crippen LogP contribution in [0.25, 0.3) is 16.3 Å². The summed E-state index contributed by atoms with van der Waals surface area (Å²) in [6.07, 6.45) is 7.78.